The van der Waals surface area contributed by atoms with Crippen molar-refractivity contribution in [2.24, 2.45) is 5.16 Å². The maximum Gasteiger partial charge on any atom is 0.161 e. The number of ether oxygens (including phenoxy) is 2. The molecule has 2 aromatic rings. The van der Waals surface area contributed by atoms with Crippen LogP contribution in [0.4, 0.5) is 0 Å². The fraction of sp³-hybridized carbons (Fsp3) is 0.133. The van der Waals surface area contributed by atoms with Gasteiger partial charge in [0.2, 0.25) is 0 Å². The minimum atomic E-state index is 0.393. The first-order chi connectivity index (χ1) is 9.72. The largest absolute Gasteiger partial charge is 0.493 e. The van der Waals surface area contributed by atoms with Gasteiger partial charge < -0.3 is 14.7 Å². The number of methoxy groups -OCH3 is 1. The molecular weight excluding hydrogens is 278 g/mol. The number of oxime groups is 1. The lowest BCUT2D eigenvalue weighted by Crippen LogP contribution is -1.98. The van der Waals surface area contributed by atoms with E-state index in [9.17, 15) is 0 Å². The summed E-state index contributed by atoms with van der Waals surface area (Å²) in [5.74, 6) is 1.19. The lowest BCUT2D eigenvalue weighted by Gasteiger charge is -2.11. The summed E-state index contributed by atoms with van der Waals surface area (Å²) in [6.45, 7) is 0.393. The second kappa shape index (κ2) is 6.82. The van der Waals surface area contributed by atoms with E-state index in [0.29, 0.717) is 23.1 Å². The SMILES string of the molecule is COc1cc(/C=N/O)ccc1OCc1cccc(Cl)c1. The van der Waals surface area contributed by atoms with Gasteiger partial charge in [0.1, 0.15) is 6.61 Å². The Bertz CT molecular complexity index is 614. The quantitative estimate of drug-likeness (QED) is 0.519. The third kappa shape index (κ3) is 3.65. The predicted molar refractivity (Wildman–Crippen MR) is 78.2 cm³/mol. The molecule has 0 unspecified atom stereocenters. The zero-order chi connectivity index (χ0) is 14.4. The molecule has 0 fully saturated rings. The van der Waals surface area contributed by atoms with E-state index in [-0.39, 0.29) is 0 Å². The monoisotopic (exact) mass is 291 g/mol. The Morgan fingerprint density at radius 1 is 1.20 bits per heavy atom. The summed E-state index contributed by atoms with van der Waals surface area (Å²) in [7, 11) is 1.56. The average Bonchev–Trinajstić information content (AvgIpc) is 2.46. The van der Waals surface area contributed by atoms with Crippen LogP contribution in [-0.4, -0.2) is 18.5 Å². The third-order valence-corrected chi connectivity index (χ3v) is 2.91. The van der Waals surface area contributed by atoms with Gasteiger partial charge in [-0.25, -0.2) is 0 Å². The molecule has 104 valence electrons. The minimum Gasteiger partial charge on any atom is -0.493 e. The molecule has 0 aliphatic heterocycles. The number of benzene rings is 2. The van der Waals surface area contributed by atoms with E-state index in [4.69, 9.17) is 26.3 Å². The summed E-state index contributed by atoms with van der Waals surface area (Å²) in [6.07, 6.45) is 1.32. The van der Waals surface area contributed by atoms with Gasteiger partial charge in [-0.2, -0.15) is 0 Å². The van der Waals surface area contributed by atoms with Crippen molar-refractivity contribution in [2.75, 3.05) is 7.11 Å². The molecular formula is C15H14ClNO3. The molecule has 0 amide bonds. The summed E-state index contributed by atoms with van der Waals surface area (Å²) in [5.41, 5.74) is 1.69. The first-order valence-electron chi connectivity index (χ1n) is 5.95. The normalized spacial score (nSPS) is 10.7. The second-order valence-electron chi connectivity index (χ2n) is 4.07. The van der Waals surface area contributed by atoms with Crippen molar-refractivity contribution in [3.63, 3.8) is 0 Å². The predicted octanol–water partition coefficient (Wildman–Crippen LogP) is 3.74. The van der Waals surface area contributed by atoms with Crippen molar-refractivity contribution < 1.29 is 14.7 Å². The highest BCUT2D eigenvalue weighted by Crippen LogP contribution is 2.28. The van der Waals surface area contributed by atoms with E-state index in [1.807, 2.05) is 24.3 Å². The molecule has 0 aliphatic carbocycles. The number of nitrogens with zero attached hydrogens (tertiary/aromatic N) is 1. The van der Waals surface area contributed by atoms with Crippen LogP contribution in [0.15, 0.2) is 47.6 Å². The molecule has 20 heavy (non-hydrogen) atoms. The Labute approximate surface area is 122 Å². The zero-order valence-electron chi connectivity index (χ0n) is 10.9. The first kappa shape index (κ1) is 14.2. The molecule has 0 saturated carbocycles. The average molecular weight is 292 g/mol. The molecule has 0 spiro atoms. The molecule has 0 heterocycles. The molecule has 4 nitrogen and oxygen atoms in total. The standard InChI is InChI=1S/C15H14ClNO3/c1-19-15-8-11(9-17-18)5-6-14(15)20-10-12-3-2-4-13(16)7-12/h2-9,18H,10H2,1H3/b17-9+. The summed E-state index contributed by atoms with van der Waals surface area (Å²) in [5, 5.41) is 12.2. The van der Waals surface area contributed by atoms with Crippen LogP contribution in [0.5, 0.6) is 11.5 Å². The molecule has 5 heteroatoms. The Morgan fingerprint density at radius 2 is 2.05 bits per heavy atom. The summed E-state index contributed by atoms with van der Waals surface area (Å²) in [6, 6.07) is 12.7. The van der Waals surface area contributed by atoms with Gasteiger partial charge in [0.05, 0.1) is 13.3 Å². The van der Waals surface area contributed by atoms with E-state index in [1.54, 1.807) is 25.3 Å². The van der Waals surface area contributed by atoms with E-state index < -0.39 is 0 Å². The van der Waals surface area contributed by atoms with E-state index >= 15 is 0 Å². The number of rotatable bonds is 5. The van der Waals surface area contributed by atoms with Crippen molar-refractivity contribution in [2.45, 2.75) is 6.61 Å². The molecule has 2 rings (SSSR count). The van der Waals surface area contributed by atoms with Gasteiger partial charge in [-0.15, -0.1) is 0 Å². The Morgan fingerprint density at radius 3 is 2.75 bits per heavy atom. The Balaban J connectivity index is 2.13. The van der Waals surface area contributed by atoms with Crippen LogP contribution in [0.3, 0.4) is 0 Å². The van der Waals surface area contributed by atoms with Gasteiger partial charge >= 0.3 is 0 Å². The maximum absolute atomic E-state index is 8.52. The van der Waals surface area contributed by atoms with Gasteiger partial charge in [0.25, 0.3) is 0 Å². The summed E-state index contributed by atoms with van der Waals surface area (Å²) >= 11 is 5.92. The fourth-order valence-electron chi connectivity index (χ4n) is 1.74. The van der Waals surface area contributed by atoms with Crippen molar-refractivity contribution in [3.8, 4) is 11.5 Å². The molecule has 0 bridgehead atoms. The molecule has 2 aromatic carbocycles. The minimum absolute atomic E-state index is 0.393. The molecule has 1 N–H and O–H groups in total. The van der Waals surface area contributed by atoms with Crippen molar-refractivity contribution in [1.82, 2.24) is 0 Å². The highest BCUT2D eigenvalue weighted by atomic mass is 35.5. The lowest BCUT2D eigenvalue weighted by molar-refractivity contribution is 0.284. The van der Waals surface area contributed by atoms with Crippen LogP contribution in [0.1, 0.15) is 11.1 Å². The summed E-state index contributed by atoms with van der Waals surface area (Å²) < 4.78 is 11.0. The van der Waals surface area contributed by atoms with Crippen LogP contribution in [-0.2, 0) is 6.61 Å². The van der Waals surface area contributed by atoms with Gasteiger partial charge in [0, 0.05) is 10.6 Å². The van der Waals surface area contributed by atoms with E-state index in [0.717, 1.165) is 11.1 Å². The van der Waals surface area contributed by atoms with Gasteiger partial charge in [-0.05, 0) is 35.9 Å². The Hall–Kier alpha value is -2.20. The van der Waals surface area contributed by atoms with Crippen LogP contribution >= 0.6 is 11.6 Å². The summed E-state index contributed by atoms with van der Waals surface area (Å²) in [4.78, 5) is 0. The molecule has 0 aromatic heterocycles. The highest BCUT2D eigenvalue weighted by Gasteiger charge is 2.05. The first-order valence-corrected chi connectivity index (χ1v) is 6.33. The van der Waals surface area contributed by atoms with Crippen LogP contribution < -0.4 is 9.47 Å². The van der Waals surface area contributed by atoms with Crippen molar-refractivity contribution >= 4 is 17.8 Å². The van der Waals surface area contributed by atoms with E-state index in [2.05, 4.69) is 5.16 Å². The number of halogens is 1. The smallest absolute Gasteiger partial charge is 0.161 e. The maximum atomic E-state index is 8.52. The second-order valence-corrected chi connectivity index (χ2v) is 4.51. The van der Waals surface area contributed by atoms with Gasteiger partial charge in [-0.1, -0.05) is 28.9 Å². The third-order valence-electron chi connectivity index (χ3n) is 2.68. The van der Waals surface area contributed by atoms with Crippen LogP contribution in [0.25, 0.3) is 0 Å². The molecule has 0 saturated heterocycles. The Kier molecular flexibility index (Phi) is 4.85. The highest BCUT2D eigenvalue weighted by molar-refractivity contribution is 6.30. The van der Waals surface area contributed by atoms with Crippen LogP contribution in [0.2, 0.25) is 5.02 Å². The van der Waals surface area contributed by atoms with Gasteiger partial charge in [-0.3, -0.25) is 0 Å². The van der Waals surface area contributed by atoms with Crippen LogP contribution in [0, 0.1) is 0 Å². The fourth-order valence-corrected chi connectivity index (χ4v) is 1.95. The molecule has 0 aliphatic rings. The number of hydrogen-bond donors (Lipinski definition) is 1. The van der Waals surface area contributed by atoms with Gasteiger partial charge in [0.15, 0.2) is 11.5 Å². The van der Waals surface area contributed by atoms with E-state index in [1.165, 1.54) is 6.21 Å². The lowest BCUT2D eigenvalue weighted by atomic mass is 10.2. The zero-order valence-corrected chi connectivity index (χ0v) is 11.7. The molecule has 0 atom stereocenters. The topological polar surface area (TPSA) is 51.0 Å². The van der Waals surface area contributed by atoms with Crippen molar-refractivity contribution in [1.29, 1.82) is 0 Å². The van der Waals surface area contributed by atoms with Crippen molar-refractivity contribution in [3.05, 3.63) is 58.6 Å². The molecule has 0 radical (unpaired) electrons. The number of hydrogen-bond acceptors (Lipinski definition) is 4.